The van der Waals surface area contributed by atoms with Gasteiger partial charge in [0.25, 0.3) is 0 Å². The Balaban J connectivity index is 2.19. The van der Waals surface area contributed by atoms with E-state index in [1.165, 1.54) is 0 Å². The van der Waals surface area contributed by atoms with Crippen molar-refractivity contribution in [1.29, 1.82) is 0 Å². The van der Waals surface area contributed by atoms with Crippen molar-refractivity contribution >= 4 is 9.19 Å². The number of hydrogen-bond acceptors (Lipinski definition) is 1. The zero-order chi connectivity index (χ0) is 4.12. The molecule has 0 aliphatic heterocycles. The SMILES string of the molecule is OC[CH2][Ta][Cl]. The van der Waals surface area contributed by atoms with E-state index in [1.807, 2.05) is 0 Å². The Morgan fingerprint density at radius 2 is 2.40 bits per heavy atom. The van der Waals surface area contributed by atoms with E-state index in [0.717, 1.165) is 4.64 Å². The monoisotopic (exact) mass is 261 g/mol. The van der Waals surface area contributed by atoms with E-state index in [1.54, 1.807) is 0 Å². The number of aliphatic hydroxyl groups excluding tert-OH is 1. The van der Waals surface area contributed by atoms with Crippen molar-refractivity contribution in [2.45, 2.75) is 4.64 Å². The molecule has 1 nitrogen and oxygen atoms in total. The Morgan fingerprint density at radius 1 is 1.80 bits per heavy atom. The first-order chi connectivity index (χ1) is 2.41. The Labute approximate surface area is 44.5 Å². The van der Waals surface area contributed by atoms with Gasteiger partial charge in [-0.3, -0.25) is 0 Å². The third-order valence-corrected chi connectivity index (χ3v) is 2.89. The maximum absolute atomic E-state index is 8.03. The van der Waals surface area contributed by atoms with Crippen LogP contribution in [-0.4, -0.2) is 11.7 Å². The Morgan fingerprint density at radius 3 is 2.40 bits per heavy atom. The molecule has 0 aromatic heterocycles. The third kappa shape index (κ3) is 4.99. The van der Waals surface area contributed by atoms with Crippen molar-refractivity contribution in [3.05, 3.63) is 0 Å². The summed E-state index contributed by atoms with van der Waals surface area (Å²) in [5, 5.41) is 8.03. The minimum absolute atomic E-state index is 0.292. The van der Waals surface area contributed by atoms with Crippen LogP contribution < -0.4 is 0 Å². The van der Waals surface area contributed by atoms with Crippen molar-refractivity contribution in [1.82, 2.24) is 0 Å². The molecule has 0 unspecified atom stereocenters. The molecule has 5 heavy (non-hydrogen) atoms. The second-order valence-electron chi connectivity index (χ2n) is 0.567. The van der Waals surface area contributed by atoms with Crippen LogP contribution in [0.3, 0.4) is 0 Å². The minimum atomic E-state index is -0.643. The molecule has 0 saturated carbocycles. The van der Waals surface area contributed by atoms with Crippen LogP contribution in [0.25, 0.3) is 0 Å². The summed E-state index contributed by atoms with van der Waals surface area (Å²) < 4.78 is 0.890. The first kappa shape index (κ1) is 5.99. The van der Waals surface area contributed by atoms with E-state index < -0.39 is 18.7 Å². The van der Waals surface area contributed by atoms with E-state index in [0.29, 0.717) is 6.61 Å². The predicted octanol–water partition coefficient (Wildman–Crippen LogP) is 0.633. The van der Waals surface area contributed by atoms with Gasteiger partial charge in [-0.2, -0.15) is 0 Å². The standard InChI is InChI=1S/C2H5O.ClH.Ta/c1-2-3;;/h3H,1-2H2;1H;/q;;+1/p-1. The topological polar surface area (TPSA) is 20.2 Å². The van der Waals surface area contributed by atoms with Gasteiger partial charge < -0.3 is 0 Å². The molecule has 0 aliphatic rings. The van der Waals surface area contributed by atoms with Crippen LogP contribution in [0.15, 0.2) is 0 Å². The molecule has 1 N–H and O–H groups in total. The van der Waals surface area contributed by atoms with Gasteiger partial charge in [0, 0.05) is 0 Å². The van der Waals surface area contributed by atoms with Crippen LogP contribution >= 0.6 is 9.19 Å². The van der Waals surface area contributed by atoms with Gasteiger partial charge >= 0.3 is 44.2 Å². The summed E-state index contributed by atoms with van der Waals surface area (Å²) in [5.74, 6) is 0. The van der Waals surface area contributed by atoms with Crippen molar-refractivity contribution in [2.75, 3.05) is 6.61 Å². The second-order valence-corrected chi connectivity index (χ2v) is 4.99. The summed E-state index contributed by atoms with van der Waals surface area (Å²) in [6.45, 7) is 0.292. The van der Waals surface area contributed by atoms with Crippen LogP contribution in [0, 0.1) is 0 Å². The van der Waals surface area contributed by atoms with Crippen LogP contribution in [-0.2, 0) is 18.7 Å². The number of aliphatic hydroxyl groups is 1. The fourth-order valence-corrected chi connectivity index (χ4v) is 0.928. The van der Waals surface area contributed by atoms with E-state index in [4.69, 9.17) is 14.3 Å². The molecular formula is C2H5ClOTa. The quantitative estimate of drug-likeness (QED) is 0.773. The first-order valence-corrected chi connectivity index (χ1v) is 7.56. The van der Waals surface area contributed by atoms with E-state index in [-0.39, 0.29) is 0 Å². The molecule has 0 rings (SSSR count). The summed E-state index contributed by atoms with van der Waals surface area (Å²) in [5.41, 5.74) is 0. The van der Waals surface area contributed by atoms with E-state index in [9.17, 15) is 0 Å². The maximum atomic E-state index is 8.03. The third-order valence-electron chi connectivity index (χ3n) is 0.185. The van der Waals surface area contributed by atoms with Gasteiger partial charge in [-0.15, -0.1) is 0 Å². The van der Waals surface area contributed by atoms with Gasteiger partial charge in [0.1, 0.15) is 0 Å². The van der Waals surface area contributed by atoms with Gasteiger partial charge in [-0.1, -0.05) is 0 Å². The number of rotatable bonds is 2. The summed E-state index contributed by atoms with van der Waals surface area (Å²) in [7, 11) is 5.32. The molecule has 3 heteroatoms. The molecule has 0 aromatic rings. The molecule has 0 aromatic carbocycles. The Bertz CT molecular complexity index is 17.1. The molecule has 0 spiro atoms. The van der Waals surface area contributed by atoms with Gasteiger partial charge in [-0.05, 0) is 0 Å². The van der Waals surface area contributed by atoms with E-state index >= 15 is 0 Å². The number of halogens is 1. The number of hydrogen-bond donors (Lipinski definition) is 1. The average molecular weight is 261 g/mol. The second kappa shape index (κ2) is 4.99. The molecule has 0 amide bonds. The van der Waals surface area contributed by atoms with Gasteiger partial charge in [0.2, 0.25) is 0 Å². The molecule has 0 fully saturated rings. The summed E-state index contributed by atoms with van der Waals surface area (Å²) in [4.78, 5) is 0. The van der Waals surface area contributed by atoms with Crippen LogP contribution in [0.1, 0.15) is 0 Å². The normalized spacial score (nSPS) is 7.60. The Hall–Kier alpha value is 0.990. The molecule has 0 heterocycles. The van der Waals surface area contributed by atoms with Crippen LogP contribution in [0.5, 0.6) is 0 Å². The average Bonchev–Trinajstić information content (AvgIpc) is 1.41. The predicted molar refractivity (Wildman–Crippen MR) is 17.7 cm³/mol. The van der Waals surface area contributed by atoms with Crippen LogP contribution in [0.4, 0.5) is 0 Å². The fourth-order valence-electron chi connectivity index (χ4n) is 0.0378. The van der Waals surface area contributed by atoms with Crippen LogP contribution in [0.2, 0.25) is 4.64 Å². The fraction of sp³-hybridized carbons (Fsp3) is 1.00. The van der Waals surface area contributed by atoms with Crippen molar-refractivity contribution in [3.8, 4) is 0 Å². The van der Waals surface area contributed by atoms with Gasteiger partial charge in [0.05, 0.1) is 0 Å². The van der Waals surface area contributed by atoms with E-state index in [2.05, 4.69) is 0 Å². The Kier molecular flexibility index (Phi) is 5.98. The first-order valence-electron chi connectivity index (χ1n) is 1.30. The molecule has 0 bridgehead atoms. The van der Waals surface area contributed by atoms with Gasteiger partial charge in [-0.25, -0.2) is 0 Å². The van der Waals surface area contributed by atoms with Crippen molar-refractivity contribution in [2.24, 2.45) is 0 Å². The molecule has 0 radical (unpaired) electrons. The summed E-state index contributed by atoms with van der Waals surface area (Å²) in [6.07, 6.45) is 0. The molecule has 31 valence electrons. The summed E-state index contributed by atoms with van der Waals surface area (Å²) >= 11 is -0.643. The van der Waals surface area contributed by atoms with Crippen molar-refractivity contribution in [3.63, 3.8) is 0 Å². The zero-order valence-electron chi connectivity index (χ0n) is 2.69. The molecular weight excluding hydrogens is 256 g/mol. The molecule has 0 aliphatic carbocycles. The molecule has 0 atom stereocenters. The molecule has 0 saturated heterocycles. The zero-order valence-corrected chi connectivity index (χ0v) is 6.66. The van der Waals surface area contributed by atoms with Gasteiger partial charge in [0.15, 0.2) is 0 Å². The summed E-state index contributed by atoms with van der Waals surface area (Å²) in [6, 6.07) is 0. The van der Waals surface area contributed by atoms with Crippen molar-refractivity contribution < 1.29 is 23.8 Å².